The molecule has 0 saturated carbocycles. The van der Waals surface area contributed by atoms with Crippen LogP contribution in [0.4, 0.5) is 0 Å². The number of rotatable bonds is 6. The minimum absolute atomic E-state index is 0.477. The minimum atomic E-state index is 0.477. The molecule has 1 aromatic carbocycles. The van der Waals surface area contributed by atoms with Crippen LogP contribution in [0.15, 0.2) is 28.7 Å². The average Bonchev–Trinajstić information content (AvgIpc) is 2.73. The number of nitrogens with one attached hydrogen (secondary N) is 1. The summed E-state index contributed by atoms with van der Waals surface area (Å²) in [4.78, 5) is 2.26. The van der Waals surface area contributed by atoms with Crippen LogP contribution in [0.2, 0.25) is 0 Å². The van der Waals surface area contributed by atoms with Gasteiger partial charge in [-0.2, -0.15) is 0 Å². The fourth-order valence-electron chi connectivity index (χ4n) is 2.13. The molecule has 1 N–H and O–H groups in total. The molecule has 2 aromatic rings. The lowest BCUT2D eigenvalue weighted by molar-refractivity contribution is 0.311. The lowest BCUT2D eigenvalue weighted by atomic mass is 10.1. The third kappa shape index (κ3) is 3.37. The predicted octanol–water partition coefficient (Wildman–Crippen LogP) is 3.38. The maximum absolute atomic E-state index is 6.02. The highest BCUT2D eigenvalue weighted by Crippen LogP contribution is 2.26. The minimum Gasteiger partial charge on any atom is -0.459 e. The molecule has 0 aliphatic rings. The van der Waals surface area contributed by atoms with Crippen LogP contribution >= 0.6 is 0 Å². The maximum atomic E-state index is 6.02. The molecule has 0 aliphatic heterocycles. The van der Waals surface area contributed by atoms with Gasteiger partial charge in [0.2, 0.25) is 0 Å². The molecule has 3 heteroatoms. The first-order valence-electron chi connectivity index (χ1n) is 7.03. The van der Waals surface area contributed by atoms with Gasteiger partial charge in [-0.25, -0.2) is 0 Å². The number of nitrogens with zero attached hydrogens (tertiary/aromatic N) is 1. The van der Waals surface area contributed by atoms with Gasteiger partial charge in [0.1, 0.15) is 11.3 Å². The predicted molar refractivity (Wildman–Crippen MR) is 80.2 cm³/mol. The van der Waals surface area contributed by atoms with E-state index in [-0.39, 0.29) is 0 Å². The van der Waals surface area contributed by atoms with Gasteiger partial charge in [-0.3, -0.25) is 4.90 Å². The number of fused-ring (bicyclic) bond motifs is 1. The SMILES string of the molecule is CCN(C)Cc1oc2ccccc2c1CNC(C)C. The van der Waals surface area contributed by atoms with E-state index in [1.807, 2.05) is 12.1 Å². The van der Waals surface area contributed by atoms with Gasteiger partial charge >= 0.3 is 0 Å². The van der Waals surface area contributed by atoms with Crippen molar-refractivity contribution in [1.82, 2.24) is 10.2 Å². The van der Waals surface area contributed by atoms with Crippen LogP contribution in [0.5, 0.6) is 0 Å². The zero-order valence-corrected chi connectivity index (χ0v) is 12.4. The maximum Gasteiger partial charge on any atom is 0.134 e. The van der Waals surface area contributed by atoms with Crippen LogP contribution < -0.4 is 5.32 Å². The van der Waals surface area contributed by atoms with E-state index in [0.717, 1.165) is 31.0 Å². The van der Waals surface area contributed by atoms with Crippen molar-refractivity contribution in [2.45, 2.75) is 39.9 Å². The summed E-state index contributed by atoms with van der Waals surface area (Å²) in [5, 5.41) is 4.72. The molecule has 1 heterocycles. The summed E-state index contributed by atoms with van der Waals surface area (Å²) in [7, 11) is 2.12. The molecule has 0 aliphatic carbocycles. The largest absolute Gasteiger partial charge is 0.459 e. The second-order valence-electron chi connectivity index (χ2n) is 5.37. The second kappa shape index (κ2) is 6.22. The molecule has 19 heavy (non-hydrogen) atoms. The van der Waals surface area contributed by atoms with Crippen molar-refractivity contribution in [2.75, 3.05) is 13.6 Å². The van der Waals surface area contributed by atoms with Crippen LogP contribution in [0.1, 0.15) is 32.1 Å². The van der Waals surface area contributed by atoms with Crippen molar-refractivity contribution in [2.24, 2.45) is 0 Å². The Morgan fingerprint density at radius 3 is 2.68 bits per heavy atom. The van der Waals surface area contributed by atoms with E-state index in [4.69, 9.17) is 4.42 Å². The quantitative estimate of drug-likeness (QED) is 0.863. The third-order valence-electron chi connectivity index (χ3n) is 3.42. The number of para-hydroxylation sites is 1. The van der Waals surface area contributed by atoms with Gasteiger partial charge in [0.15, 0.2) is 0 Å². The Morgan fingerprint density at radius 2 is 2.00 bits per heavy atom. The molecule has 1 aromatic heterocycles. The molecular formula is C16H24N2O. The summed E-state index contributed by atoms with van der Waals surface area (Å²) in [6.07, 6.45) is 0. The molecule has 0 radical (unpaired) electrons. The van der Waals surface area contributed by atoms with Crippen molar-refractivity contribution >= 4 is 11.0 Å². The Morgan fingerprint density at radius 1 is 1.26 bits per heavy atom. The normalized spacial score (nSPS) is 11.9. The van der Waals surface area contributed by atoms with Crippen molar-refractivity contribution < 1.29 is 4.42 Å². The highest BCUT2D eigenvalue weighted by atomic mass is 16.3. The monoisotopic (exact) mass is 260 g/mol. The van der Waals surface area contributed by atoms with Crippen LogP contribution in [0.3, 0.4) is 0 Å². The number of furan rings is 1. The smallest absolute Gasteiger partial charge is 0.134 e. The van der Waals surface area contributed by atoms with Crippen molar-refractivity contribution in [1.29, 1.82) is 0 Å². The summed E-state index contributed by atoms with van der Waals surface area (Å²) in [6, 6.07) is 8.77. The van der Waals surface area contributed by atoms with Gasteiger partial charge in [0, 0.05) is 23.5 Å². The Bertz CT molecular complexity index is 531. The first-order valence-corrected chi connectivity index (χ1v) is 7.03. The summed E-state index contributed by atoms with van der Waals surface area (Å²) in [5.74, 6) is 1.08. The molecule has 0 fully saturated rings. The first-order chi connectivity index (χ1) is 9.11. The Balaban J connectivity index is 2.34. The van der Waals surface area contributed by atoms with Gasteiger partial charge in [-0.05, 0) is 19.7 Å². The molecule has 0 amide bonds. The van der Waals surface area contributed by atoms with Gasteiger partial charge < -0.3 is 9.73 Å². The Labute approximate surface area is 115 Å². The van der Waals surface area contributed by atoms with Crippen LogP contribution in [0, 0.1) is 0 Å². The van der Waals surface area contributed by atoms with E-state index in [9.17, 15) is 0 Å². The third-order valence-corrected chi connectivity index (χ3v) is 3.42. The van der Waals surface area contributed by atoms with Gasteiger partial charge in [-0.1, -0.05) is 39.0 Å². The van der Waals surface area contributed by atoms with Crippen molar-refractivity contribution in [3.63, 3.8) is 0 Å². The molecule has 0 saturated heterocycles. The van der Waals surface area contributed by atoms with Crippen molar-refractivity contribution in [3.8, 4) is 0 Å². The molecular weight excluding hydrogens is 236 g/mol. The van der Waals surface area contributed by atoms with E-state index in [1.54, 1.807) is 0 Å². The number of benzene rings is 1. The molecule has 3 nitrogen and oxygen atoms in total. The van der Waals surface area contributed by atoms with Crippen LogP contribution in [-0.2, 0) is 13.1 Å². The first kappa shape index (κ1) is 14.1. The van der Waals surface area contributed by atoms with E-state index in [0.29, 0.717) is 6.04 Å². The van der Waals surface area contributed by atoms with Crippen molar-refractivity contribution in [3.05, 3.63) is 35.6 Å². The summed E-state index contributed by atoms with van der Waals surface area (Å²) < 4.78 is 6.02. The molecule has 0 atom stereocenters. The van der Waals surface area contributed by atoms with E-state index >= 15 is 0 Å². The lowest BCUT2D eigenvalue weighted by Gasteiger charge is -2.14. The van der Waals surface area contributed by atoms with Gasteiger partial charge in [-0.15, -0.1) is 0 Å². The van der Waals surface area contributed by atoms with Crippen LogP contribution in [0.25, 0.3) is 11.0 Å². The lowest BCUT2D eigenvalue weighted by Crippen LogP contribution is -2.23. The molecule has 2 rings (SSSR count). The summed E-state index contributed by atoms with van der Waals surface area (Å²) in [5.41, 5.74) is 2.28. The molecule has 0 spiro atoms. The fraction of sp³-hybridized carbons (Fsp3) is 0.500. The fourth-order valence-corrected chi connectivity index (χ4v) is 2.13. The van der Waals surface area contributed by atoms with Gasteiger partial charge in [0.05, 0.1) is 6.54 Å². The zero-order chi connectivity index (χ0) is 13.8. The highest BCUT2D eigenvalue weighted by Gasteiger charge is 2.14. The zero-order valence-electron chi connectivity index (χ0n) is 12.4. The van der Waals surface area contributed by atoms with E-state index in [1.165, 1.54) is 10.9 Å². The number of hydrogen-bond acceptors (Lipinski definition) is 3. The van der Waals surface area contributed by atoms with Gasteiger partial charge in [0.25, 0.3) is 0 Å². The topological polar surface area (TPSA) is 28.4 Å². The van der Waals surface area contributed by atoms with Crippen LogP contribution in [-0.4, -0.2) is 24.5 Å². The summed E-state index contributed by atoms with van der Waals surface area (Å²) >= 11 is 0. The molecule has 0 bridgehead atoms. The van der Waals surface area contributed by atoms with E-state index < -0.39 is 0 Å². The molecule has 0 unspecified atom stereocenters. The van der Waals surface area contributed by atoms with E-state index in [2.05, 4.69) is 50.2 Å². The second-order valence-corrected chi connectivity index (χ2v) is 5.37. The Kier molecular flexibility index (Phi) is 4.61. The summed E-state index contributed by atoms with van der Waals surface area (Å²) in [6.45, 7) is 9.24. The Hall–Kier alpha value is -1.32. The molecule has 104 valence electrons. The average molecular weight is 260 g/mol. The number of hydrogen-bond donors (Lipinski definition) is 1. The standard InChI is InChI=1S/C16H24N2O/c1-5-18(4)11-16-14(10-17-12(2)3)13-8-6-7-9-15(13)19-16/h6-9,12,17H,5,10-11H2,1-4H3. The highest BCUT2D eigenvalue weighted by molar-refractivity contribution is 5.82.